The Labute approximate surface area is 121 Å². The van der Waals surface area contributed by atoms with E-state index >= 15 is 0 Å². The molecule has 1 saturated heterocycles. The van der Waals surface area contributed by atoms with Crippen molar-refractivity contribution in [2.24, 2.45) is 0 Å². The van der Waals surface area contributed by atoms with Crippen LogP contribution in [0, 0.1) is 6.92 Å². The molecule has 7 nitrogen and oxygen atoms in total. The summed E-state index contributed by atoms with van der Waals surface area (Å²) in [5.74, 6) is 1.10. The van der Waals surface area contributed by atoms with E-state index in [9.17, 15) is 4.79 Å². The molecule has 2 aromatic heterocycles. The monoisotopic (exact) mass is 288 g/mol. The molecular weight excluding hydrogens is 272 g/mol. The lowest BCUT2D eigenvalue weighted by atomic mass is 9.98. The quantitative estimate of drug-likeness (QED) is 0.921. The number of aromatic carboxylic acids is 1. The fraction of sp³-hybridized carbons (Fsp3) is 0.429. The highest BCUT2D eigenvalue weighted by Gasteiger charge is 2.26. The summed E-state index contributed by atoms with van der Waals surface area (Å²) in [5, 5.41) is 12.9. The van der Waals surface area contributed by atoms with Crippen molar-refractivity contribution in [1.29, 1.82) is 0 Å². The lowest BCUT2D eigenvalue weighted by Gasteiger charge is -2.31. The lowest BCUT2D eigenvalue weighted by Crippen LogP contribution is -2.35. The largest absolute Gasteiger partial charge is 0.477 e. The number of rotatable bonds is 3. The Morgan fingerprint density at radius 2 is 2.29 bits per heavy atom. The topological polar surface area (TPSA) is 92.4 Å². The van der Waals surface area contributed by atoms with Crippen molar-refractivity contribution in [2.45, 2.75) is 25.7 Å². The predicted molar refractivity (Wildman–Crippen MR) is 74.4 cm³/mol. The van der Waals surface area contributed by atoms with Crippen LogP contribution in [0.15, 0.2) is 22.7 Å². The molecule has 0 amide bonds. The smallest absolute Gasteiger partial charge is 0.354 e. The van der Waals surface area contributed by atoms with Gasteiger partial charge in [0.05, 0.1) is 5.92 Å². The van der Waals surface area contributed by atoms with E-state index < -0.39 is 5.97 Å². The fourth-order valence-electron chi connectivity index (χ4n) is 2.58. The second kappa shape index (κ2) is 5.51. The molecule has 1 atom stereocenters. The van der Waals surface area contributed by atoms with Crippen LogP contribution in [-0.2, 0) is 0 Å². The number of aromatic nitrogens is 3. The van der Waals surface area contributed by atoms with E-state index in [0.29, 0.717) is 24.1 Å². The Balaban J connectivity index is 1.79. The molecule has 1 fully saturated rings. The second-order valence-electron chi connectivity index (χ2n) is 5.15. The van der Waals surface area contributed by atoms with E-state index in [4.69, 9.17) is 9.63 Å². The summed E-state index contributed by atoms with van der Waals surface area (Å²) in [7, 11) is 0. The molecular formula is C14H16N4O3. The third-order valence-corrected chi connectivity index (χ3v) is 3.59. The average Bonchev–Trinajstić information content (AvgIpc) is 2.94. The van der Waals surface area contributed by atoms with Crippen molar-refractivity contribution in [2.75, 3.05) is 18.0 Å². The first-order chi connectivity index (χ1) is 10.1. The van der Waals surface area contributed by atoms with Gasteiger partial charge in [-0.1, -0.05) is 11.2 Å². The number of piperidine rings is 1. The van der Waals surface area contributed by atoms with Gasteiger partial charge in [-0.25, -0.2) is 9.78 Å². The van der Waals surface area contributed by atoms with E-state index in [1.165, 1.54) is 6.07 Å². The van der Waals surface area contributed by atoms with Crippen LogP contribution in [0.5, 0.6) is 0 Å². The lowest BCUT2D eigenvalue weighted by molar-refractivity contribution is 0.0690. The molecule has 1 N–H and O–H groups in total. The minimum atomic E-state index is -1.02. The maximum atomic E-state index is 11.0. The summed E-state index contributed by atoms with van der Waals surface area (Å²) in [4.78, 5) is 21.6. The second-order valence-corrected chi connectivity index (χ2v) is 5.15. The van der Waals surface area contributed by atoms with Crippen LogP contribution >= 0.6 is 0 Å². The predicted octanol–water partition coefficient (Wildman–Crippen LogP) is 1.86. The van der Waals surface area contributed by atoms with E-state index in [0.717, 1.165) is 19.4 Å². The van der Waals surface area contributed by atoms with Crippen LogP contribution in [0.1, 0.15) is 41.0 Å². The first-order valence-corrected chi connectivity index (χ1v) is 6.89. The number of aryl methyl sites for hydroxylation is 1. The number of hydrogen-bond donors (Lipinski definition) is 1. The van der Waals surface area contributed by atoms with Gasteiger partial charge in [0.25, 0.3) is 0 Å². The molecule has 110 valence electrons. The third kappa shape index (κ3) is 2.86. The minimum absolute atomic E-state index is 0.0586. The van der Waals surface area contributed by atoms with Crippen LogP contribution < -0.4 is 4.90 Å². The Bertz CT molecular complexity index is 655. The summed E-state index contributed by atoms with van der Waals surface area (Å²) in [6.45, 7) is 3.35. The van der Waals surface area contributed by atoms with E-state index in [1.807, 2.05) is 6.07 Å². The summed E-state index contributed by atoms with van der Waals surface area (Å²) in [6.07, 6.45) is 1.96. The Kier molecular flexibility index (Phi) is 3.55. The zero-order chi connectivity index (χ0) is 14.8. The van der Waals surface area contributed by atoms with Crippen LogP contribution in [0.2, 0.25) is 0 Å². The maximum Gasteiger partial charge on any atom is 0.354 e. The number of pyridine rings is 1. The van der Waals surface area contributed by atoms with Gasteiger partial charge in [-0.3, -0.25) is 0 Å². The summed E-state index contributed by atoms with van der Waals surface area (Å²) < 4.78 is 5.25. The molecule has 0 aliphatic carbocycles. The first kappa shape index (κ1) is 13.5. The van der Waals surface area contributed by atoms with Gasteiger partial charge in [0, 0.05) is 13.1 Å². The molecule has 21 heavy (non-hydrogen) atoms. The molecule has 0 aromatic carbocycles. The molecule has 1 aliphatic rings. The van der Waals surface area contributed by atoms with Gasteiger partial charge in [0.15, 0.2) is 11.5 Å². The third-order valence-electron chi connectivity index (χ3n) is 3.59. The number of carbonyl (C=O) groups is 1. The van der Waals surface area contributed by atoms with E-state index in [-0.39, 0.29) is 11.6 Å². The number of carboxylic acid groups (broad SMARTS) is 1. The van der Waals surface area contributed by atoms with Crippen molar-refractivity contribution >= 4 is 11.8 Å². The number of hydrogen-bond acceptors (Lipinski definition) is 6. The van der Waals surface area contributed by atoms with Crippen molar-refractivity contribution in [3.63, 3.8) is 0 Å². The van der Waals surface area contributed by atoms with Crippen LogP contribution in [-0.4, -0.2) is 39.3 Å². The summed E-state index contributed by atoms with van der Waals surface area (Å²) >= 11 is 0. The van der Waals surface area contributed by atoms with Crippen LogP contribution in [0.4, 0.5) is 5.82 Å². The normalized spacial score (nSPS) is 18.7. The highest BCUT2D eigenvalue weighted by atomic mass is 16.5. The highest BCUT2D eigenvalue weighted by Crippen LogP contribution is 2.28. The zero-order valence-electron chi connectivity index (χ0n) is 11.7. The summed E-state index contributed by atoms with van der Waals surface area (Å²) in [6, 6.07) is 5.04. The minimum Gasteiger partial charge on any atom is -0.477 e. The van der Waals surface area contributed by atoms with Gasteiger partial charge in [-0.15, -0.1) is 0 Å². The van der Waals surface area contributed by atoms with E-state index in [2.05, 4.69) is 20.0 Å². The van der Waals surface area contributed by atoms with Crippen molar-refractivity contribution in [3.8, 4) is 0 Å². The van der Waals surface area contributed by atoms with Crippen molar-refractivity contribution < 1.29 is 14.4 Å². The first-order valence-electron chi connectivity index (χ1n) is 6.89. The molecule has 3 rings (SSSR count). The number of nitrogens with zero attached hydrogens (tertiary/aromatic N) is 4. The van der Waals surface area contributed by atoms with Gasteiger partial charge < -0.3 is 14.5 Å². The Morgan fingerprint density at radius 1 is 1.43 bits per heavy atom. The number of carboxylic acids is 1. The van der Waals surface area contributed by atoms with Gasteiger partial charge in [0.2, 0.25) is 5.89 Å². The fourth-order valence-corrected chi connectivity index (χ4v) is 2.58. The van der Waals surface area contributed by atoms with Crippen molar-refractivity contribution in [1.82, 2.24) is 15.1 Å². The van der Waals surface area contributed by atoms with Gasteiger partial charge >= 0.3 is 5.97 Å². The molecule has 0 radical (unpaired) electrons. The van der Waals surface area contributed by atoms with Crippen LogP contribution in [0.3, 0.4) is 0 Å². The Morgan fingerprint density at radius 3 is 3.00 bits per heavy atom. The highest BCUT2D eigenvalue weighted by molar-refractivity contribution is 5.85. The van der Waals surface area contributed by atoms with Crippen molar-refractivity contribution in [3.05, 3.63) is 35.6 Å². The molecule has 2 aromatic rings. The number of anilines is 1. The van der Waals surface area contributed by atoms with Gasteiger partial charge in [-0.05, 0) is 31.9 Å². The van der Waals surface area contributed by atoms with Crippen LogP contribution in [0.25, 0.3) is 0 Å². The Hall–Kier alpha value is -2.44. The average molecular weight is 288 g/mol. The SMILES string of the molecule is Cc1noc(C2CCCN(c3cccc(C(=O)O)n3)C2)n1. The zero-order valence-corrected chi connectivity index (χ0v) is 11.7. The molecule has 7 heteroatoms. The molecule has 0 saturated carbocycles. The molecule has 1 unspecified atom stereocenters. The molecule has 0 spiro atoms. The van der Waals surface area contributed by atoms with Gasteiger partial charge in [-0.2, -0.15) is 4.98 Å². The maximum absolute atomic E-state index is 11.0. The molecule has 0 bridgehead atoms. The molecule has 3 heterocycles. The molecule has 1 aliphatic heterocycles. The summed E-state index contributed by atoms with van der Waals surface area (Å²) in [5.41, 5.74) is 0.0586. The van der Waals surface area contributed by atoms with E-state index in [1.54, 1.807) is 13.0 Å². The van der Waals surface area contributed by atoms with Gasteiger partial charge in [0.1, 0.15) is 5.82 Å². The standard InChI is InChI=1S/C14H16N4O3/c1-9-15-13(21-17-9)10-4-3-7-18(8-10)12-6-2-5-11(16-12)14(19)20/h2,5-6,10H,3-4,7-8H2,1H3,(H,19,20).